The van der Waals surface area contributed by atoms with Crippen molar-refractivity contribution in [1.82, 2.24) is 0 Å². The Morgan fingerprint density at radius 3 is 2.30 bits per heavy atom. The fraction of sp³-hybridized carbons (Fsp3) is 0.100. The molecule has 0 aliphatic carbocycles. The molecule has 0 bridgehead atoms. The van der Waals surface area contributed by atoms with Crippen molar-refractivity contribution in [3.8, 4) is 0 Å². The van der Waals surface area contributed by atoms with Gasteiger partial charge in [-0.1, -0.05) is 24.8 Å². The molecule has 7 nitrogen and oxygen atoms in total. The van der Waals surface area contributed by atoms with Crippen LogP contribution in [0.25, 0.3) is 10.9 Å². The first-order chi connectivity index (χ1) is 12.9. The smallest absolute Gasteiger partial charge is 0.335 e. The third-order valence-corrected chi connectivity index (χ3v) is 4.04. The summed E-state index contributed by atoms with van der Waals surface area (Å²) >= 11 is 0. The number of aromatic carboxylic acids is 1. The van der Waals surface area contributed by atoms with Gasteiger partial charge in [-0.2, -0.15) is 0 Å². The van der Waals surface area contributed by atoms with Crippen molar-refractivity contribution in [2.75, 3.05) is 24.0 Å². The van der Waals surface area contributed by atoms with E-state index in [2.05, 4.69) is 9.95 Å². The number of rotatable bonds is 4. The van der Waals surface area contributed by atoms with E-state index in [4.69, 9.17) is 11.7 Å². The lowest BCUT2D eigenvalue weighted by Gasteiger charge is -2.12. The Hall–Kier alpha value is -3.92. The molecule has 2 aromatic rings. The van der Waals surface area contributed by atoms with Crippen LogP contribution in [0.1, 0.15) is 15.9 Å². The quantitative estimate of drug-likeness (QED) is 0.671. The predicted octanol–water partition coefficient (Wildman–Crippen LogP) is 3.11. The highest BCUT2D eigenvalue weighted by Crippen LogP contribution is 2.26. The highest BCUT2D eigenvalue weighted by molar-refractivity contribution is 6.34. The average molecular weight is 360 g/mol. The van der Waals surface area contributed by atoms with Crippen molar-refractivity contribution in [1.29, 1.82) is 0 Å². The van der Waals surface area contributed by atoms with Crippen molar-refractivity contribution in [3.63, 3.8) is 0 Å². The van der Waals surface area contributed by atoms with E-state index in [9.17, 15) is 9.59 Å². The van der Waals surface area contributed by atoms with E-state index in [0.717, 1.165) is 16.3 Å². The van der Waals surface area contributed by atoms with Crippen molar-refractivity contribution < 1.29 is 14.7 Å². The zero-order chi connectivity index (χ0) is 19.6. The molecule has 0 spiro atoms. The summed E-state index contributed by atoms with van der Waals surface area (Å²) in [5.74, 6) is -1.49. The minimum atomic E-state index is -1.05. The monoisotopic (exact) mass is 360 g/mol. The summed E-state index contributed by atoms with van der Waals surface area (Å²) in [6.45, 7) is 7.31. The standard InChI is InChI=1S/C20H16N4O3/c1-21-18-17(12-13-4-8-15(9-5-13)23(2)3)19(25)24(22-18)16-10-6-14(7-11-16)20(26)27/h4-12H,2-3H3,(H,26,27)/b17-12-. The Morgan fingerprint density at radius 1 is 1.15 bits per heavy atom. The number of carboxylic acids is 1. The molecule has 0 aromatic heterocycles. The number of carbonyl (C=O) groups excluding carboxylic acids is 1. The van der Waals surface area contributed by atoms with E-state index in [0.29, 0.717) is 5.69 Å². The zero-order valence-corrected chi connectivity index (χ0v) is 14.7. The number of amides is 1. The van der Waals surface area contributed by atoms with E-state index in [1.807, 2.05) is 43.3 Å². The summed E-state index contributed by atoms with van der Waals surface area (Å²) in [7, 11) is 3.87. The van der Waals surface area contributed by atoms with Crippen LogP contribution in [0.4, 0.5) is 11.4 Å². The molecule has 0 radical (unpaired) electrons. The lowest BCUT2D eigenvalue weighted by atomic mass is 10.1. The summed E-state index contributed by atoms with van der Waals surface area (Å²) < 4.78 is 0. The minimum absolute atomic E-state index is 0.000928. The van der Waals surface area contributed by atoms with Gasteiger partial charge in [0, 0.05) is 19.8 Å². The Balaban J connectivity index is 1.92. The van der Waals surface area contributed by atoms with E-state index in [-0.39, 0.29) is 17.0 Å². The lowest BCUT2D eigenvalue weighted by molar-refractivity contribution is -0.114. The molecule has 0 saturated carbocycles. The van der Waals surface area contributed by atoms with Gasteiger partial charge in [0.25, 0.3) is 5.91 Å². The first-order valence-electron chi connectivity index (χ1n) is 8.04. The molecule has 3 rings (SSSR count). The molecule has 0 fully saturated rings. The number of carbonyl (C=O) groups is 2. The second-order valence-corrected chi connectivity index (χ2v) is 6.05. The van der Waals surface area contributed by atoms with Crippen LogP contribution in [0.2, 0.25) is 0 Å². The van der Waals surface area contributed by atoms with Gasteiger partial charge >= 0.3 is 11.8 Å². The van der Waals surface area contributed by atoms with Crippen LogP contribution in [0, 0.1) is 6.57 Å². The maximum absolute atomic E-state index is 12.7. The molecular formula is C20H16N4O3. The Labute approximate surface area is 156 Å². The molecule has 2 aromatic carbocycles. The number of anilines is 2. The number of hydrazone groups is 1. The van der Waals surface area contributed by atoms with Gasteiger partial charge in [-0.15, -0.1) is 5.01 Å². The van der Waals surface area contributed by atoms with Crippen LogP contribution in [0.15, 0.2) is 59.2 Å². The molecule has 1 heterocycles. The van der Waals surface area contributed by atoms with Crippen LogP contribution in [-0.2, 0) is 4.79 Å². The number of amidine groups is 1. The van der Waals surface area contributed by atoms with Gasteiger partial charge < -0.3 is 14.9 Å². The van der Waals surface area contributed by atoms with E-state index in [1.165, 1.54) is 24.3 Å². The molecular weight excluding hydrogens is 344 g/mol. The van der Waals surface area contributed by atoms with Gasteiger partial charge in [0.2, 0.25) is 0 Å². The Morgan fingerprint density at radius 2 is 1.78 bits per heavy atom. The third kappa shape index (κ3) is 3.55. The van der Waals surface area contributed by atoms with Gasteiger partial charge in [0.1, 0.15) is 0 Å². The molecule has 1 aliphatic heterocycles. The lowest BCUT2D eigenvalue weighted by Crippen LogP contribution is -2.21. The molecule has 134 valence electrons. The SMILES string of the molecule is [C-]#[N+]C1=NN(c2ccc(C(=O)O)cc2)C(=O)/C1=C\c1ccc(N(C)C)cc1. The van der Waals surface area contributed by atoms with E-state index >= 15 is 0 Å². The number of hydrogen-bond acceptors (Lipinski definition) is 4. The maximum atomic E-state index is 12.7. The van der Waals surface area contributed by atoms with Crippen LogP contribution < -0.4 is 9.91 Å². The molecule has 0 unspecified atom stereocenters. The Kier molecular flexibility index (Phi) is 4.73. The number of benzene rings is 2. The molecule has 1 N–H and O–H groups in total. The molecule has 27 heavy (non-hydrogen) atoms. The van der Waals surface area contributed by atoms with Crippen molar-refractivity contribution >= 4 is 35.2 Å². The first-order valence-corrected chi connectivity index (χ1v) is 8.04. The fourth-order valence-corrected chi connectivity index (χ4v) is 2.57. The molecule has 0 atom stereocenters. The van der Waals surface area contributed by atoms with Gasteiger partial charge in [0.15, 0.2) is 0 Å². The summed E-state index contributed by atoms with van der Waals surface area (Å²) in [4.78, 5) is 29.0. The Bertz CT molecular complexity index is 997. The minimum Gasteiger partial charge on any atom is -0.478 e. The largest absolute Gasteiger partial charge is 0.478 e. The average Bonchev–Trinajstić information content (AvgIpc) is 2.98. The summed E-state index contributed by atoms with van der Waals surface area (Å²) in [5, 5.41) is 14.2. The summed E-state index contributed by atoms with van der Waals surface area (Å²) in [5.41, 5.74) is 2.51. The fourth-order valence-electron chi connectivity index (χ4n) is 2.57. The number of hydrogen-bond donors (Lipinski definition) is 1. The normalized spacial score (nSPS) is 14.9. The second-order valence-electron chi connectivity index (χ2n) is 6.05. The van der Waals surface area contributed by atoms with Crippen LogP contribution in [-0.4, -0.2) is 36.9 Å². The zero-order valence-electron chi connectivity index (χ0n) is 14.7. The molecule has 7 heteroatoms. The molecule has 1 aliphatic rings. The van der Waals surface area contributed by atoms with E-state index < -0.39 is 11.9 Å². The maximum Gasteiger partial charge on any atom is 0.335 e. The third-order valence-electron chi connectivity index (χ3n) is 4.04. The molecule has 0 saturated heterocycles. The number of carboxylic acid groups (broad SMARTS) is 1. The highest BCUT2D eigenvalue weighted by atomic mass is 16.4. The summed E-state index contributed by atoms with van der Waals surface area (Å²) in [6, 6.07) is 13.3. The van der Waals surface area contributed by atoms with Crippen molar-refractivity contribution in [2.45, 2.75) is 0 Å². The highest BCUT2D eigenvalue weighted by Gasteiger charge is 2.34. The summed E-state index contributed by atoms with van der Waals surface area (Å²) in [6.07, 6.45) is 1.63. The van der Waals surface area contributed by atoms with Crippen molar-refractivity contribution in [2.24, 2.45) is 5.10 Å². The van der Waals surface area contributed by atoms with Crippen molar-refractivity contribution in [3.05, 3.63) is 76.6 Å². The van der Waals surface area contributed by atoms with Gasteiger partial charge in [-0.25, -0.2) is 4.79 Å². The topological polar surface area (TPSA) is 77.6 Å². The van der Waals surface area contributed by atoms with Crippen LogP contribution in [0.5, 0.6) is 0 Å². The van der Waals surface area contributed by atoms with Gasteiger partial charge in [0.05, 0.1) is 16.8 Å². The van der Waals surface area contributed by atoms with Gasteiger partial charge in [-0.05, 0) is 47.1 Å². The van der Waals surface area contributed by atoms with E-state index in [1.54, 1.807) is 6.08 Å². The number of nitrogens with zero attached hydrogens (tertiary/aromatic N) is 4. The van der Waals surface area contributed by atoms with Crippen LogP contribution >= 0.6 is 0 Å². The molecule has 1 amide bonds. The predicted molar refractivity (Wildman–Crippen MR) is 104 cm³/mol. The second kappa shape index (κ2) is 7.14. The van der Waals surface area contributed by atoms with Gasteiger partial charge in [-0.3, -0.25) is 4.79 Å². The first kappa shape index (κ1) is 17.9. The van der Waals surface area contributed by atoms with Crippen LogP contribution in [0.3, 0.4) is 0 Å².